The zero-order valence-electron chi connectivity index (χ0n) is 13.4. The number of hydrogen-bond donors (Lipinski definition) is 4. The average Bonchev–Trinajstić information content (AvgIpc) is 2.14. The van der Waals surface area contributed by atoms with E-state index in [2.05, 4.69) is 4.99 Å². The van der Waals surface area contributed by atoms with Crippen LogP contribution in [0, 0.1) is 0 Å². The van der Waals surface area contributed by atoms with Crippen LogP contribution >= 0.6 is 12.4 Å². The molecule has 13 heavy (non-hydrogen) atoms. The minimum atomic E-state index is -3.63. The fraction of sp³-hybridized carbons (Fsp3) is 0.667. The van der Waals surface area contributed by atoms with E-state index in [0.717, 1.165) is 0 Å². The molecular weight excluding hydrogens is 200 g/mol. The summed E-state index contributed by atoms with van der Waals surface area (Å²) in [5.74, 6) is -3.03. The van der Waals surface area contributed by atoms with Gasteiger partial charge in [0.05, 0.1) is 4.11 Å². The van der Waals surface area contributed by atoms with Crippen molar-refractivity contribution in [2.75, 3.05) is 6.50 Å². The van der Waals surface area contributed by atoms with Crippen LogP contribution in [0.2, 0.25) is 0 Å². The lowest BCUT2D eigenvalue weighted by Crippen LogP contribution is -2.30. The quantitative estimate of drug-likeness (QED) is 0.265. The first-order valence-corrected chi connectivity index (χ1v) is 2.74. The SMILES string of the molecule is Cl.[2H]C([2H])([15N]=C([15NH2])[15NH2])C([2H])([2H])C([2H])([2H])[C@]([2H])([15NH2])C(=O)O. The minimum Gasteiger partial charge on any atom is -0.480 e. The van der Waals surface area contributed by atoms with Crippen LogP contribution in [-0.4, -0.2) is 29.6 Å². The molecule has 0 radical (unpaired) electrons. The molecule has 0 aliphatic carbocycles. The summed E-state index contributed by atoms with van der Waals surface area (Å²) in [4.78, 5) is 13.6. The molecule has 0 unspecified atom stereocenters. The van der Waals surface area contributed by atoms with Crippen LogP contribution in [0.4, 0.5) is 0 Å². The molecule has 7 heteroatoms. The third-order valence-electron chi connectivity index (χ3n) is 0.668. The molecule has 6 nitrogen and oxygen atoms in total. The zero-order valence-corrected chi connectivity index (χ0v) is 7.26. The molecule has 0 fully saturated rings. The van der Waals surface area contributed by atoms with Gasteiger partial charge in [-0.2, -0.15) is 0 Å². The summed E-state index contributed by atoms with van der Waals surface area (Å²) in [5.41, 5.74) is 14.7. The van der Waals surface area contributed by atoms with Crippen LogP contribution in [0.15, 0.2) is 4.99 Å². The second-order valence-electron chi connectivity index (χ2n) is 1.62. The van der Waals surface area contributed by atoms with Gasteiger partial charge < -0.3 is 22.3 Å². The van der Waals surface area contributed by atoms with Gasteiger partial charge in [-0.3, -0.25) is 9.79 Å². The van der Waals surface area contributed by atoms with Crippen molar-refractivity contribution in [3.05, 3.63) is 0 Å². The average molecular weight is 222 g/mol. The largest absolute Gasteiger partial charge is 0.480 e. The number of aliphatic imine (C=N–C) groups is 1. The summed E-state index contributed by atoms with van der Waals surface area (Å²) in [5, 5.41) is 8.66. The highest BCUT2D eigenvalue weighted by Crippen LogP contribution is 1.94. The number of aliphatic carboxylic acids is 1. The predicted molar refractivity (Wildman–Crippen MR) is 52.8 cm³/mol. The molecule has 0 saturated heterocycles. The van der Waals surface area contributed by atoms with E-state index in [4.69, 9.17) is 31.9 Å². The Morgan fingerprint density at radius 1 is 1.69 bits per heavy atom. The number of carboxylic acids is 1. The van der Waals surface area contributed by atoms with E-state index < -0.39 is 37.2 Å². The molecule has 0 aromatic heterocycles. The molecule has 1 atom stereocenters. The van der Waals surface area contributed by atoms with E-state index in [1.54, 1.807) is 0 Å². The van der Waals surface area contributed by atoms with Gasteiger partial charge in [-0.25, -0.2) is 0 Å². The summed E-state index contributed by atoms with van der Waals surface area (Å²) in [6.45, 7) is -3.32. The second-order valence-corrected chi connectivity index (χ2v) is 1.62. The predicted octanol–water partition coefficient (Wildman–Crippen LogP) is -1.13. The number of rotatable bonds is 5. The number of carbonyl (C=O) groups is 1. The summed E-state index contributed by atoms with van der Waals surface area (Å²) < 4.78 is 51.4. The first kappa shape index (κ1) is 5.02. The molecule has 0 aromatic rings. The normalized spacial score (nSPS) is 24.8. The summed E-state index contributed by atoms with van der Waals surface area (Å²) in [6.07, 6.45) is -7.22. The number of hydrogen-bond acceptors (Lipinski definition) is 3. The maximum atomic E-state index is 10.7. The molecule has 0 aliphatic rings. The Balaban J connectivity index is 0. The van der Waals surface area contributed by atoms with E-state index in [1.807, 2.05) is 0 Å². The van der Waals surface area contributed by atoms with Crippen molar-refractivity contribution in [2.45, 2.75) is 18.8 Å². The van der Waals surface area contributed by atoms with E-state index >= 15 is 0 Å². The van der Waals surface area contributed by atoms with Gasteiger partial charge in [0.1, 0.15) is 6.02 Å². The molecule has 0 heterocycles. The third kappa shape index (κ3) is 8.90. The molecule has 7 N–H and O–H groups in total. The highest BCUT2D eigenvalue weighted by Gasteiger charge is 2.09. The van der Waals surface area contributed by atoms with E-state index in [1.165, 1.54) is 0 Å². The second kappa shape index (κ2) is 7.63. The van der Waals surface area contributed by atoms with Gasteiger partial charge in [0.2, 0.25) is 0 Å². The fourth-order valence-corrected chi connectivity index (χ4v) is 0.241. The van der Waals surface area contributed by atoms with Crippen molar-refractivity contribution < 1.29 is 19.5 Å². The highest BCUT2D eigenvalue weighted by atomic mass is 35.5. The minimum absolute atomic E-state index is 0. The van der Waals surface area contributed by atoms with Crippen LogP contribution in [-0.2, 0) is 4.79 Å². The molecular formula is C6H15ClN4O2. The van der Waals surface area contributed by atoms with Gasteiger partial charge >= 0.3 is 5.97 Å². The topological polar surface area (TPSA) is 128 Å². The lowest BCUT2D eigenvalue weighted by molar-refractivity contribution is -0.138. The van der Waals surface area contributed by atoms with Crippen molar-refractivity contribution in [1.82, 2.24) is 0 Å². The summed E-state index contributed by atoms with van der Waals surface area (Å²) in [7, 11) is 0. The van der Waals surface area contributed by atoms with E-state index in [9.17, 15) is 4.79 Å². The van der Waals surface area contributed by atoms with Crippen molar-refractivity contribution in [3.8, 4) is 0 Å². The van der Waals surface area contributed by atoms with Gasteiger partial charge in [0.25, 0.3) is 0 Å². The van der Waals surface area contributed by atoms with Gasteiger partial charge in [-0.1, -0.05) is 0 Å². The Hall–Kier alpha value is -1.01. The Bertz CT molecular complexity index is 410. The van der Waals surface area contributed by atoms with Crippen LogP contribution in [0.1, 0.15) is 22.3 Å². The monoisotopic (exact) mass is 221 g/mol. The molecule has 0 rings (SSSR count). The van der Waals surface area contributed by atoms with E-state index in [-0.39, 0.29) is 12.4 Å². The molecule has 0 saturated carbocycles. The summed E-state index contributed by atoms with van der Waals surface area (Å²) in [6, 6.07) is -3.44. The van der Waals surface area contributed by atoms with Crippen molar-refractivity contribution >= 4 is 24.3 Å². The first-order chi connectivity index (χ1) is 8.11. The highest BCUT2D eigenvalue weighted by molar-refractivity contribution is 5.85. The number of halogens is 1. The zero-order chi connectivity index (χ0) is 15.9. The Labute approximate surface area is 92.4 Å². The van der Waals surface area contributed by atoms with Crippen molar-refractivity contribution in [1.29, 1.82) is 0 Å². The van der Waals surface area contributed by atoms with Gasteiger partial charge in [0.15, 0.2) is 5.96 Å². The van der Waals surface area contributed by atoms with Crippen LogP contribution < -0.4 is 17.2 Å². The van der Waals surface area contributed by atoms with Crippen molar-refractivity contribution in [3.63, 3.8) is 0 Å². The Morgan fingerprint density at radius 3 is 2.62 bits per heavy atom. The molecule has 0 amide bonds. The van der Waals surface area contributed by atoms with Gasteiger partial charge in [-0.05, 0) is 12.7 Å². The lowest BCUT2D eigenvalue weighted by atomic mass is 10.2. The number of guanidine groups is 1. The Morgan fingerprint density at radius 2 is 2.23 bits per heavy atom. The maximum absolute atomic E-state index is 10.7. The maximum Gasteiger partial charge on any atom is 0.320 e. The van der Waals surface area contributed by atoms with E-state index in [0.29, 0.717) is 0 Å². The molecule has 78 valence electrons. The fourth-order valence-electron chi connectivity index (χ4n) is 0.241. The number of nitrogens with zero attached hydrogens (tertiary/aromatic N) is 1. The van der Waals surface area contributed by atoms with Crippen LogP contribution in [0.25, 0.3) is 0 Å². The van der Waals surface area contributed by atoms with Crippen LogP contribution in [0.5, 0.6) is 0 Å². The van der Waals surface area contributed by atoms with Gasteiger partial charge in [-0.15, -0.1) is 12.4 Å². The van der Waals surface area contributed by atoms with Crippen LogP contribution in [0.3, 0.4) is 0 Å². The lowest BCUT2D eigenvalue weighted by Gasteiger charge is -2.03. The molecule has 0 aromatic carbocycles. The number of nitrogens with two attached hydrogens (primary N) is 3. The smallest absolute Gasteiger partial charge is 0.320 e. The first-order valence-electron chi connectivity index (χ1n) is 6.24. The van der Waals surface area contributed by atoms with Gasteiger partial charge in [0, 0.05) is 12.0 Å². The van der Waals surface area contributed by atoms with Crippen molar-refractivity contribution in [2.24, 2.45) is 22.2 Å². The summed E-state index contributed by atoms with van der Waals surface area (Å²) >= 11 is 0. The standard InChI is InChI=1S/C6H14N4O2.ClH/c7-4(5(11)12)2-1-3-10-6(8)9;/h4H,1-3,7H2,(H,11,12)(H4,8,9,10);1H/t4-;/m0./s1/i1D2,2D2,3D2,4D,7+1,8+1,9+1,10+1;. The third-order valence-corrected chi connectivity index (χ3v) is 0.668. The Kier molecular flexibility index (Phi) is 2.94. The molecule has 0 bridgehead atoms. The molecule has 0 aliphatic heterocycles. The number of carboxylic acid groups (broad SMARTS) is 1. The molecule has 0 spiro atoms.